The van der Waals surface area contributed by atoms with Crippen LogP contribution in [0.15, 0.2) is 54.6 Å². The predicted octanol–water partition coefficient (Wildman–Crippen LogP) is 1.54. The Hall–Kier alpha value is -3.06. The Morgan fingerprint density at radius 2 is 1.59 bits per heavy atom. The number of hydrogen-bond donors (Lipinski definition) is 3. The number of imide groups is 1. The molecule has 0 unspecified atom stereocenters. The van der Waals surface area contributed by atoms with Gasteiger partial charge in [0.05, 0.1) is 6.54 Å². The Balaban J connectivity index is 1.37. The zero-order chi connectivity index (χ0) is 19.1. The second-order valence-electron chi connectivity index (χ2n) is 6.50. The van der Waals surface area contributed by atoms with Gasteiger partial charge in [-0.2, -0.15) is 0 Å². The van der Waals surface area contributed by atoms with Gasteiger partial charge in [-0.15, -0.1) is 0 Å². The van der Waals surface area contributed by atoms with Crippen LogP contribution in [0.4, 0.5) is 10.5 Å². The number of amides is 3. The smallest absolute Gasteiger partial charge is 0.321 e. The Bertz CT molecular complexity index is 757. The number of hydrogen-bond acceptors (Lipinski definition) is 5. The monoisotopic (exact) mass is 368 g/mol. The maximum atomic E-state index is 12.1. The van der Waals surface area contributed by atoms with E-state index in [9.17, 15) is 14.7 Å². The van der Waals surface area contributed by atoms with Crippen LogP contribution in [0.2, 0.25) is 0 Å². The van der Waals surface area contributed by atoms with Gasteiger partial charge >= 0.3 is 6.03 Å². The zero-order valence-corrected chi connectivity index (χ0v) is 15.1. The van der Waals surface area contributed by atoms with E-state index in [2.05, 4.69) is 15.5 Å². The van der Waals surface area contributed by atoms with E-state index >= 15 is 0 Å². The largest absolute Gasteiger partial charge is 0.508 e. The number of aromatic hydroxyl groups is 1. The number of nitrogens with zero attached hydrogens (tertiary/aromatic N) is 2. The summed E-state index contributed by atoms with van der Waals surface area (Å²) in [6.45, 7) is 3.63. The molecule has 7 heteroatoms. The summed E-state index contributed by atoms with van der Waals surface area (Å²) in [7, 11) is 0. The third-order valence-electron chi connectivity index (χ3n) is 4.50. The summed E-state index contributed by atoms with van der Waals surface area (Å²) >= 11 is 0. The van der Waals surface area contributed by atoms with Crippen molar-refractivity contribution in [2.24, 2.45) is 0 Å². The van der Waals surface area contributed by atoms with Crippen LogP contribution in [0.3, 0.4) is 0 Å². The average Bonchev–Trinajstić information content (AvgIpc) is 2.68. The van der Waals surface area contributed by atoms with Crippen molar-refractivity contribution < 1.29 is 14.7 Å². The maximum Gasteiger partial charge on any atom is 0.321 e. The van der Waals surface area contributed by atoms with E-state index in [-0.39, 0.29) is 18.2 Å². The summed E-state index contributed by atoms with van der Waals surface area (Å²) < 4.78 is 0. The van der Waals surface area contributed by atoms with E-state index in [1.54, 1.807) is 12.1 Å². The number of nitrogens with one attached hydrogen (secondary N) is 2. The average molecular weight is 368 g/mol. The Labute approximate surface area is 158 Å². The Morgan fingerprint density at radius 1 is 0.926 bits per heavy atom. The first-order valence-electron chi connectivity index (χ1n) is 8.98. The molecule has 0 bridgehead atoms. The van der Waals surface area contributed by atoms with Crippen molar-refractivity contribution in [3.05, 3.63) is 60.2 Å². The number of carbonyl (C=O) groups is 2. The van der Waals surface area contributed by atoms with Crippen LogP contribution in [-0.4, -0.2) is 54.7 Å². The van der Waals surface area contributed by atoms with Crippen LogP contribution in [0, 0.1) is 0 Å². The molecule has 0 atom stereocenters. The number of piperazine rings is 1. The minimum absolute atomic E-state index is 0.197. The van der Waals surface area contributed by atoms with Crippen LogP contribution >= 0.6 is 0 Å². The second-order valence-corrected chi connectivity index (χ2v) is 6.50. The summed E-state index contributed by atoms with van der Waals surface area (Å²) in [6, 6.07) is 16.2. The van der Waals surface area contributed by atoms with E-state index in [1.165, 1.54) is 0 Å². The van der Waals surface area contributed by atoms with Gasteiger partial charge in [-0.05, 0) is 29.8 Å². The highest BCUT2D eigenvalue weighted by molar-refractivity contribution is 5.95. The molecule has 3 amide bonds. The van der Waals surface area contributed by atoms with Gasteiger partial charge in [-0.3, -0.25) is 15.0 Å². The zero-order valence-electron chi connectivity index (χ0n) is 15.1. The molecule has 3 rings (SSSR count). The van der Waals surface area contributed by atoms with E-state index in [0.717, 1.165) is 37.4 Å². The molecule has 1 fully saturated rings. The van der Waals surface area contributed by atoms with Crippen molar-refractivity contribution in [3.63, 3.8) is 0 Å². The number of urea groups is 1. The van der Waals surface area contributed by atoms with Crippen LogP contribution in [0.1, 0.15) is 5.56 Å². The normalized spacial score (nSPS) is 14.6. The van der Waals surface area contributed by atoms with Crippen molar-refractivity contribution in [1.29, 1.82) is 0 Å². The molecular formula is C20H24N4O3. The molecule has 0 radical (unpaired) electrons. The molecule has 142 valence electrons. The first kappa shape index (κ1) is 18.7. The number of carbonyl (C=O) groups excluding carboxylic acids is 2. The van der Waals surface area contributed by atoms with E-state index in [0.29, 0.717) is 6.54 Å². The van der Waals surface area contributed by atoms with Crippen molar-refractivity contribution in [2.75, 3.05) is 37.6 Å². The van der Waals surface area contributed by atoms with Gasteiger partial charge in [0.1, 0.15) is 5.75 Å². The highest BCUT2D eigenvalue weighted by atomic mass is 16.3. The third-order valence-corrected chi connectivity index (χ3v) is 4.50. The lowest BCUT2D eigenvalue weighted by atomic mass is 10.2. The number of rotatable bonds is 5. The van der Waals surface area contributed by atoms with Gasteiger partial charge in [0.25, 0.3) is 0 Å². The summed E-state index contributed by atoms with van der Waals surface area (Å²) in [5.74, 6) is -0.0572. The molecule has 2 aromatic rings. The summed E-state index contributed by atoms with van der Waals surface area (Å²) in [4.78, 5) is 28.1. The summed E-state index contributed by atoms with van der Waals surface area (Å²) in [5.41, 5.74) is 2.03. The number of benzene rings is 2. The van der Waals surface area contributed by atoms with Gasteiger partial charge in [0.2, 0.25) is 5.91 Å². The lowest BCUT2D eigenvalue weighted by molar-refractivity contribution is -0.121. The topological polar surface area (TPSA) is 84.9 Å². The van der Waals surface area contributed by atoms with Gasteiger partial charge < -0.3 is 15.3 Å². The highest BCUT2D eigenvalue weighted by Crippen LogP contribution is 2.19. The SMILES string of the molecule is O=C(CN1CCN(c2ccc(O)cc2)CC1)NC(=O)NCc1ccccc1. The standard InChI is InChI=1S/C20H24N4O3/c25-18-8-6-17(7-9-18)24-12-10-23(11-13-24)15-19(26)22-20(27)21-14-16-4-2-1-3-5-16/h1-9,25H,10-15H2,(H2,21,22,26,27). The lowest BCUT2D eigenvalue weighted by Crippen LogP contribution is -2.51. The van der Waals surface area contributed by atoms with Crippen LogP contribution < -0.4 is 15.5 Å². The quantitative estimate of drug-likeness (QED) is 0.746. The molecule has 3 N–H and O–H groups in total. The Morgan fingerprint density at radius 3 is 2.26 bits per heavy atom. The molecule has 7 nitrogen and oxygen atoms in total. The third kappa shape index (κ3) is 5.72. The van der Waals surface area contributed by atoms with Gasteiger partial charge in [-0.1, -0.05) is 30.3 Å². The molecule has 1 saturated heterocycles. The predicted molar refractivity (Wildman–Crippen MR) is 104 cm³/mol. The van der Waals surface area contributed by atoms with Crippen molar-refractivity contribution >= 4 is 17.6 Å². The van der Waals surface area contributed by atoms with Gasteiger partial charge in [0, 0.05) is 38.4 Å². The molecule has 0 saturated carbocycles. The summed E-state index contributed by atoms with van der Waals surface area (Å²) in [6.07, 6.45) is 0. The molecule has 1 heterocycles. The van der Waals surface area contributed by atoms with Gasteiger partial charge in [-0.25, -0.2) is 4.79 Å². The van der Waals surface area contributed by atoms with E-state index < -0.39 is 6.03 Å². The first-order chi connectivity index (χ1) is 13.1. The fraction of sp³-hybridized carbons (Fsp3) is 0.300. The fourth-order valence-electron chi connectivity index (χ4n) is 3.02. The molecule has 0 spiro atoms. The van der Waals surface area contributed by atoms with E-state index in [4.69, 9.17) is 0 Å². The molecular weight excluding hydrogens is 344 g/mol. The van der Waals surface area contributed by atoms with E-state index in [1.807, 2.05) is 47.4 Å². The molecule has 1 aliphatic rings. The minimum Gasteiger partial charge on any atom is -0.508 e. The number of phenolic OH excluding ortho intramolecular Hbond substituents is 1. The summed E-state index contributed by atoms with van der Waals surface area (Å²) in [5, 5.41) is 14.4. The number of anilines is 1. The van der Waals surface area contributed by atoms with Crippen molar-refractivity contribution in [3.8, 4) is 5.75 Å². The van der Waals surface area contributed by atoms with Gasteiger partial charge in [0.15, 0.2) is 0 Å². The molecule has 2 aromatic carbocycles. The highest BCUT2D eigenvalue weighted by Gasteiger charge is 2.20. The molecule has 1 aliphatic heterocycles. The van der Waals surface area contributed by atoms with Crippen LogP contribution in [0.25, 0.3) is 0 Å². The molecule has 0 aliphatic carbocycles. The van der Waals surface area contributed by atoms with Crippen LogP contribution in [-0.2, 0) is 11.3 Å². The first-order valence-corrected chi connectivity index (χ1v) is 8.98. The fourth-order valence-corrected chi connectivity index (χ4v) is 3.02. The van der Waals surface area contributed by atoms with Crippen molar-refractivity contribution in [1.82, 2.24) is 15.5 Å². The minimum atomic E-state index is -0.480. The second kappa shape index (κ2) is 9.05. The number of phenols is 1. The molecule has 27 heavy (non-hydrogen) atoms. The Kier molecular flexibility index (Phi) is 6.27. The molecule has 0 aromatic heterocycles. The lowest BCUT2D eigenvalue weighted by Gasteiger charge is -2.35. The maximum absolute atomic E-state index is 12.1. The van der Waals surface area contributed by atoms with Crippen LogP contribution in [0.5, 0.6) is 5.75 Å². The van der Waals surface area contributed by atoms with Crippen molar-refractivity contribution in [2.45, 2.75) is 6.54 Å².